The summed E-state index contributed by atoms with van der Waals surface area (Å²) in [5, 5.41) is 0. The second-order valence-electron chi connectivity index (χ2n) is 5.67. The number of hydrogen-bond acceptors (Lipinski definition) is 0. The van der Waals surface area contributed by atoms with E-state index in [4.69, 9.17) is 0 Å². The Morgan fingerprint density at radius 1 is 1.17 bits per heavy atom. The first-order chi connectivity index (χ1) is 5.57. The van der Waals surface area contributed by atoms with Crippen molar-refractivity contribution in [3.8, 4) is 0 Å². The predicted octanol–water partition coefficient (Wildman–Crippen LogP) is 3.60. The normalized spacial score (nSPS) is 41.8. The Morgan fingerprint density at radius 3 is 2.17 bits per heavy atom. The molecule has 68 valence electrons. The van der Waals surface area contributed by atoms with Crippen LogP contribution < -0.4 is 0 Å². The fourth-order valence-electron chi connectivity index (χ4n) is 2.96. The van der Waals surface area contributed by atoms with Crippen molar-refractivity contribution >= 4 is 8.07 Å². The quantitative estimate of drug-likeness (QED) is 0.541. The lowest BCUT2D eigenvalue weighted by Gasteiger charge is -2.47. The van der Waals surface area contributed by atoms with Crippen LogP contribution in [0.5, 0.6) is 0 Å². The zero-order valence-electron chi connectivity index (χ0n) is 8.56. The average Bonchev–Trinajstić information content (AvgIpc) is 2.05. The summed E-state index contributed by atoms with van der Waals surface area (Å²) < 4.78 is 0. The molecule has 2 radical (unpaired) electrons. The molecule has 12 heavy (non-hydrogen) atoms. The van der Waals surface area contributed by atoms with Gasteiger partial charge in [0.25, 0.3) is 0 Å². The van der Waals surface area contributed by atoms with Gasteiger partial charge in [-0.25, -0.2) is 0 Å². The van der Waals surface area contributed by atoms with E-state index in [1.54, 1.807) is 0 Å². The summed E-state index contributed by atoms with van der Waals surface area (Å²) in [4.78, 5) is 0. The van der Waals surface area contributed by atoms with Gasteiger partial charge in [0.15, 0.2) is 0 Å². The van der Waals surface area contributed by atoms with Crippen LogP contribution in [0.4, 0.5) is 0 Å². The molecule has 3 rings (SSSR count). The molecule has 3 fully saturated rings. The summed E-state index contributed by atoms with van der Waals surface area (Å²) in [6.07, 6.45) is 9.51. The Kier molecular flexibility index (Phi) is 2.10. The molecule has 0 aromatic heterocycles. The Bertz CT molecular complexity index is 160. The standard InChI is InChI=1S/C11H20Si/c1-12(2,3)11-8-9-4-6-10(11)7-5-9/h9-11H,4-6,8H2,1-3H3/t9-,10+,11-/m0/s1. The molecular formula is C11H20Si. The zero-order valence-corrected chi connectivity index (χ0v) is 9.56. The predicted molar refractivity (Wildman–Crippen MR) is 55.8 cm³/mol. The van der Waals surface area contributed by atoms with Gasteiger partial charge in [-0.2, -0.15) is 0 Å². The fraction of sp³-hybridized carbons (Fsp3) is 0.909. The maximum atomic E-state index is 3.71. The molecule has 1 heteroatoms. The topological polar surface area (TPSA) is 0 Å². The molecule has 3 aliphatic rings. The van der Waals surface area contributed by atoms with Crippen molar-refractivity contribution in [2.45, 2.75) is 50.9 Å². The molecule has 3 aliphatic carbocycles. The first-order valence-corrected chi connectivity index (χ1v) is 8.88. The third-order valence-electron chi connectivity index (χ3n) is 3.74. The van der Waals surface area contributed by atoms with Gasteiger partial charge in [-0.15, -0.1) is 0 Å². The first-order valence-electron chi connectivity index (χ1n) is 5.31. The van der Waals surface area contributed by atoms with Crippen molar-refractivity contribution in [2.75, 3.05) is 0 Å². The Morgan fingerprint density at radius 2 is 1.92 bits per heavy atom. The lowest BCUT2D eigenvalue weighted by molar-refractivity contribution is 0.229. The van der Waals surface area contributed by atoms with E-state index in [0.717, 1.165) is 17.4 Å². The maximum Gasteiger partial charge on any atom is 0.0476 e. The number of rotatable bonds is 1. The van der Waals surface area contributed by atoms with Gasteiger partial charge >= 0.3 is 0 Å². The highest BCUT2D eigenvalue weighted by Crippen LogP contribution is 2.51. The Labute approximate surface area is 77.8 Å². The van der Waals surface area contributed by atoms with Crippen molar-refractivity contribution in [1.82, 2.24) is 0 Å². The minimum atomic E-state index is -0.873. The first kappa shape index (κ1) is 8.80. The van der Waals surface area contributed by atoms with Gasteiger partial charge in [0.2, 0.25) is 0 Å². The minimum absolute atomic E-state index is 0.873. The molecule has 3 atom stereocenters. The second kappa shape index (κ2) is 2.86. The average molecular weight is 180 g/mol. The SMILES string of the molecule is C[Si](C)(C)[C@H]1C[C@@H]2C[C][C@H]1CC2. The lowest BCUT2D eigenvalue weighted by Crippen LogP contribution is -2.41. The highest BCUT2D eigenvalue weighted by atomic mass is 28.3. The van der Waals surface area contributed by atoms with Gasteiger partial charge < -0.3 is 0 Å². The number of hydrogen-bond donors (Lipinski definition) is 0. The van der Waals surface area contributed by atoms with Crippen molar-refractivity contribution in [1.29, 1.82) is 0 Å². The van der Waals surface area contributed by atoms with E-state index in [-0.39, 0.29) is 0 Å². The molecule has 0 saturated heterocycles. The van der Waals surface area contributed by atoms with Gasteiger partial charge in [-0.1, -0.05) is 26.1 Å². The van der Waals surface area contributed by atoms with Crippen LogP contribution in [0.2, 0.25) is 25.2 Å². The molecule has 3 saturated carbocycles. The van der Waals surface area contributed by atoms with E-state index in [9.17, 15) is 0 Å². The van der Waals surface area contributed by atoms with Gasteiger partial charge in [-0.05, 0) is 43.1 Å². The van der Waals surface area contributed by atoms with E-state index in [2.05, 4.69) is 26.1 Å². The van der Waals surface area contributed by atoms with Crippen LogP contribution in [0, 0.1) is 18.3 Å². The molecule has 0 nitrogen and oxygen atoms in total. The van der Waals surface area contributed by atoms with Gasteiger partial charge in [0, 0.05) is 8.07 Å². The highest BCUT2D eigenvalue weighted by Gasteiger charge is 2.42. The summed E-state index contributed by atoms with van der Waals surface area (Å²) in [5.41, 5.74) is 1.06. The second-order valence-corrected chi connectivity index (χ2v) is 11.1. The van der Waals surface area contributed by atoms with E-state index in [1.165, 1.54) is 25.7 Å². The largest absolute Gasteiger partial charge is 0.0693 e. The molecule has 0 heterocycles. The molecule has 0 aromatic rings. The molecular weight excluding hydrogens is 160 g/mol. The zero-order chi connectivity index (χ0) is 8.77. The van der Waals surface area contributed by atoms with Crippen LogP contribution in [-0.4, -0.2) is 8.07 Å². The van der Waals surface area contributed by atoms with Crippen molar-refractivity contribution in [3.63, 3.8) is 0 Å². The molecule has 0 aromatic carbocycles. The Balaban J connectivity index is 2.09. The monoisotopic (exact) mass is 180 g/mol. The summed E-state index contributed by atoms with van der Waals surface area (Å²) in [7, 11) is -0.873. The summed E-state index contributed by atoms with van der Waals surface area (Å²) in [5.74, 6) is 1.91. The molecule has 0 amide bonds. The van der Waals surface area contributed by atoms with Gasteiger partial charge in [0.1, 0.15) is 0 Å². The summed E-state index contributed by atoms with van der Waals surface area (Å²) >= 11 is 0. The lowest BCUT2D eigenvalue weighted by atomic mass is 9.70. The smallest absolute Gasteiger partial charge is 0.0476 e. The summed E-state index contributed by atoms with van der Waals surface area (Å²) in [6.45, 7) is 7.58. The van der Waals surface area contributed by atoms with Crippen LogP contribution in [0.1, 0.15) is 25.7 Å². The third-order valence-corrected chi connectivity index (χ3v) is 6.60. The van der Waals surface area contributed by atoms with Crippen molar-refractivity contribution in [3.05, 3.63) is 6.42 Å². The van der Waals surface area contributed by atoms with E-state index >= 15 is 0 Å². The Hall–Kier alpha value is 0.217. The molecule has 2 bridgehead atoms. The van der Waals surface area contributed by atoms with Crippen molar-refractivity contribution < 1.29 is 0 Å². The highest BCUT2D eigenvalue weighted by molar-refractivity contribution is 6.77. The minimum Gasteiger partial charge on any atom is -0.0693 e. The number of fused-ring (bicyclic) bond motifs is 3. The third kappa shape index (κ3) is 1.48. The van der Waals surface area contributed by atoms with Crippen LogP contribution in [0.25, 0.3) is 0 Å². The summed E-state index contributed by atoms with van der Waals surface area (Å²) in [6, 6.07) is 0. The van der Waals surface area contributed by atoms with E-state index in [1.807, 2.05) is 0 Å². The van der Waals surface area contributed by atoms with Crippen LogP contribution in [0.15, 0.2) is 0 Å². The maximum absolute atomic E-state index is 3.71. The molecule has 0 spiro atoms. The van der Waals surface area contributed by atoms with Crippen molar-refractivity contribution in [2.24, 2.45) is 11.8 Å². The van der Waals surface area contributed by atoms with Gasteiger partial charge in [0.05, 0.1) is 0 Å². The van der Waals surface area contributed by atoms with E-state index < -0.39 is 8.07 Å². The molecule has 0 unspecified atom stereocenters. The fourth-order valence-corrected chi connectivity index (χ4v) is 5.49. The van der Waals surface area contributed by atoms with Crippen LogP contribution >= 0.6 is 0 Å². The van der Waals surface area contributed by atoms with E-state index in [0.29, 0.717) is 0 Å². The van der Waals surface area contributed by atoms with Gasteiger partial charge in [-0.3, -0.25) is 0 Å². The van der Waals surface area contributed by atoms with Crippen LogP contribution in [-0.2, 0) is 0 Å². The van der Waals surface area contributed by atoms with Crippen LogP contribution in [0.3, 0.4) is 0 Å². The molecule has 0 N–H and O–H groups in total. The molecule has 0 aliphatic heterocycles.